The summed E-state index contributed by atoms with van der Waals surface area (Å²) in [6.07, 6.45) is 0. The van der Waals surface area contributed by atoms with E-state index in [-0.39, 0.29) is 6.04 Å². The number of tetrazole rings is 1. The first-order valence-electron chi connectivity index (χ1n) is 5.88. The smallest absolute Gasteiger partial charge is 0.191 e. The Kier molecular flexibility index (Phi) is 3.46. The summed E-state index contributed by atoms with van der Waals surface area (Å²) in [4.78, 5) is 1.12. The van der Waals surface area contributed by atoms with Gasteiger partial charge in [-0.05, 0) is 13.0 Å². The third-order valence-corrected chi connectivity index (χ3v) is 4.63. The van der Waals surface area contributed by atoms with Gasteiger partial charge in [0.2, 0.25) is 0 Å². The quantitative estimate of drug-likeness (QED) is 0.776. The minimum atomic E-state index is 0.0278. The zero-order chi connectivity index (χ0) is 13.2. The van der Waals surface area contributed by atoms with Crippen LogP contribution in [0.2, 0.25) is 5.02 Å². The molecule has 3 rings (SSSR count). The maximum absolute atomic E-state index is 6.39. The van der Waals surface area contributed by atoms with Gasteiger partial charge in [0.25, 0.3) is 0 Å². The maximum atomic E-state index is 6.39. The number of nitrogens with one attached hydrogen (secondary N) is 2. The topological polar surface area (TPSA) is 66.5 Å². The van der Waals surface area contributed by atoms with E-state index in [1.165, 1.54) is 4.70 Å². The number of fused-ring (bicyclic) bond motifs is 1. The molecule has 0 amide bonds. The normalized spacial score (nSPS) is 12.9. The number of benzene rings is 1. The van der Waals surface area contributed by atoms with E-state index < -0.39 is 0 Å². The summed E-state index contributed by atoms with van der Waals surface area (Å²) in [6, 6.07) is 8.17. The lowest BCUT2D eigenvalue weighted by Crippen LogP contribution is -2.18. The lowest BCUT2D eigenvalue weighted by molar-refractivity contribution is 0.550. The fourth-order valence-corrected chi connectivity index (χ4v) is 3.32. The highest BCUT2D eigenvalue weighted by Crippen LogP contribution is 2.35. The van der Waals surface area contributed by atoms with Gasteiger partial charge in [-0.25, -0.2) is 0 Å². The number of aromatic amines is 1. The van der Waals surface area contributed by atoms with Crippen molar-refractivity contribution >= 4 is 33.0 Å². The summed E-state index contributed by atoms with van der Waals surface area (Å²) in [7, 11) is 0. The van der Waals surface area contributed by atoms with Gasteiger partial charge in [0.15, 0.2) is 5.82 Å². The summed E-state index contributed by atoms with van der Waals surface area (Å²) in [6.45, 7) is 2.68. The predicted octanol–water partition coefficient (Wildman–Crippen LogP) is 2.92. The first-order chi connectivity index (χ1) is 9.25. The van der Waals surface area contributed by atoms with E-state index >= 15 is 0 Å². The number of aromatic nitrogens is 4. The van der Waals surface area contributed by atoms with E-state index in [2.05, 4.69) is 32.0 Å². The number of H-pyrrole nitrogens is 1. The third-order valence-electron chi connectivity index (χ3n) is 2.92. The zero-order valence-corrected chi connectivity index (χ0v) is 11.8. The van der Waals surface area contributed by atoms with Gasteiger partial charge in [-0.1, -0.05) is 35.0 Å². The minimum absolute atomic E-state index is 0.0278. The van der Waals surface area contributed by atoms with Crippen molar-refractivity contribution in [3.63, 3.8) is 0 Å². The molecule has 1 aromatic carbocycles. The van der Waals surface area contributed by atoms with Gasteiger partial charge in [0, 0.05) is 21.5 Å². The van der Waals surface area contributed by atoms with Crippen molar-refractivity contribution in [2.75, 3.05) is 0 Å². The highest BCUT2D eigenvalue weighted by atomic mass is 35.5. The average Bonchev–Trinajstić information content (AvgIpc) is 3.05. The van der Waals surface area contributed by atoms with Gasteiger partial charge in [-0.2, -0.15) is 5.21 Å². The highest BCUT2D eigenvalue weighted by molar-refractivity contribution is 7.19. The van der Waals surface area contributed by atoms with Crippen molar-refractivity contribution in [3.05, 3.63) is 40.0 Å². The van der Waals surface area contributed by atoms with Crippen molar-refractivity contribution in [3.8, 4) is 0 Å². The Bertz CT molecular complexity index is 679. The van der Waals surface area contributed by atoms with Gasteiger partial charge in [-0.15, -0.1) is 21.5 Å². The maximum Gasteiger partial charge on any atom is 0.191 e. The van der Waals surface area contributed by atoms with Gasteiger partial charge in [0.05, 0.1) is 11.1 Å². The molecule has 1 unspecified atom stereocenters. The molecule has 0 bridgehead atoms. The van der Waals surface area contributed by atoms with E-state index in [0.717, 1.165) is 15.3 Å². The fraction of sp³-hybridized carbons (Fsp3) is 0.250. The van der Waals surface area contributed by atoms with Gasteiger partial charge >= 0.3 is 0 Å². The Hall–Kier alpha value is -1.50. The van der Waals surface area contributed by atoms with E-state index in [1.807, 2.05) is 25.1 Å². The summed E-state index contributed by atoms with van der Waals surface area (Å²) >= 11 is 8.09. The summed E-state index contributed by atoms with van der Waals surface area (Å²) in [5, 5.41) is 19.2. The Morgan fingerprint density at radius 2 is 2.26 bits per heavy atom. The van der Waals surface area contributed by atoms with Crippen LogP contribution in [-0.2, 0) is 6.54 Å². The molecule has 0 aliphatic heterocycles. The first-order valence-corrected chi connectivity index (χ1v) is 7.08. The monoisotopic (exact) mass is 293 g/mol. The Morgan fingerprint density at radius 3 is 3.00 bits per heavy atom. The van der Waals surface area contributed by atoms with Gasteiger partial charge in [-0.3, -0.25) is 0 Å². The molecule has 2 aromatic heterocycles. The van der Waals surface area contributed by atoms with Crippen LogP contribution >= 0.6 is 22.9 Å². The molecule has 0 saturated heterocycles. The van der Waals surface area contributed by atoms with E-state index in [4.69, 9.17) is 11.6 Å². The van der Waals surface area contributed by atoms with Crippen LogP contribution in [0.5, 0.6) is 0 Å². The SMILES string of the molecule is CC(NCc1sc2ccccc2c1Cl)c1nn[nH]n1. The zero-order valence-electron chi connectivity index (χ0n) is 10.2. The van der Waals surface area contributed by atoms with Gasteiger partial charge < -0.3 is 5.32 Å². The summed E-state index contributed by atoms with van der Waals surface area (Å²) in [5.74, 6) is 0.650. The standard InChI is InChI=1S/C12H12ClN5S/c1-7(12-15-17-18-16-12)14-6-10-11(13)8-4-2-3-5-9(8)19-10/h2-5,7,14H,6H2,1H3,(H,15,16,17,18). The molecule has 0 aliphatic rings. The van der Waals surface area contributed by atoms with Crippen LogP contribution in [0.15, 0.2) is 24.3 Å². The van der Waals surface area contributed by atoms with Crippen LogP contribution in [0.3, 0.4) is 0 Å². The highest BCUT2D eigenvalue weighted by Gasteiger charge is 2.13. The number of halogens is 1. The molecule has 1 atom stereocenters. The molecule has 2 heterocycles. The van der Waals surface area contributed by atoms with Crippen LogP contribution in [-0.4, -0.2) is 20.6 Å². The van der Waals surface area contributed by atoms with E-state index in [0.29, 0.717) is 12.4 Å². The average molecular weight is 294 g/mol. The van der Waals surface area contributed by atoms with Gasteiger partial charge in [0.1, 0.15) is 0 Å². The molecule has 0 fully saturated rings. The Labute approximate surface area is 119 Å². The number of hydrogen-bond acceptors (Lipinski definition) is 5. The molecule has 2 N–H and O–H groups in total. The summed E-state index contributed by atoms with van der Waals surface area (Å²) < 4.78 is 1.21. The van der Waals surface area contributed by atoms with Crippen molar-refractivity contribution in [2.45, 2.75) is 19.5 Å². The lowest BCUT2D eigenvalue weighted by atomic mass is 10.2. The van der Waals surface area contributed by atoms with Crippen LogP contribution in [0.4, 0.5) is 0 Å². The molecule has 0 saturated carbocycles. The number of nitrogens with zero attached hydrogens (tertiary/aromatic N) is 3. The van der Waals surface area contributed by atoms with Crippen molar-refractivity contribution in [2.24, 2.45) is 0 Å². The summed E-state index contributed by atoms with van der Waals surface area (Å²) in [5.41, 5.74) is 0. The van der Waals surface area contributed by atoms with Crippen molar-refractivity contribution in [1.82, 2.24) is 25.9 Å². The third kappa shape index (κ3) is 2.47. The van der Waals surface area contributed by atoms with Crippen molar-refractivity contribution < 1.29 is 0 Å². The fourth-order valence-electron chi connectivity index (χ4n) is 1.87. The van der Waals surface area contributed by atoms with Crippen molar-refractivity contribution in [1.29, 1.82) is 0 Å². The molecule has 7 heteroatoms. The predicted molar refractivity (Wildman–Crippen MR) is 76.3 cm³/mol. The van der Waals surface area contributed by atoms with Crippen LogP contribution in [0.25, 0.3) is 10.1 Å². The minimum Gasteiger partial charge on any atom is -0.302 e. The van der Waals surface area contributed by atoms with E-state index in [9.17, 15) is 0 Å². The second-order valence-electron chi connectivity index (χ2n) is 4.21. The second-order valence-corrected chi connectivity index (χ2v) is 5.72. The molecular weight excluding hydrogens is 282 g/mol. The number of rotatable bonds is 4. The molecule has 0 aliphatic carbocycles. The molecule has 0 radical (unpaired) electrons. The number of thiophene rings is 1. The molecule has 5 nitrogen and oxygen atoms in total. The molecule has 0 spiro atoms. The van der Waals surface area contributed by atoms with Crippen LogP contribution in [0.1, 0.15) is 23.7 Å². The molecular formula is C12H12ClN5S. The van der Waals surface area contributed by atoms with Crippen LogP contribution in [0, 0.1) is 0 Å². The molecule has 19 heavy (non-hydrogen) atoms. The molecule has 3 aromatic rings. The second kappa shape index (κ2) is 5.24. The molecule has 98 valence electrons. The lowest BCUT2D eigenvalue weighted by Gasteiger charge is -2.08. The Balaban J connectivity index is 1.77. The number of hydrogen-bond donors (Lipinski definition) is 2. The largest absolute Gasteiger partial charge is 0.302 e. The van der Waals surface area contributed by atoms with E-state index in [1.54, 1.807) is 11.3 Å². The van der Waals surface area contributed by atoms with Crippen LogP contribution < -0.4 is 5.32 Å². The Morgan fingerprint density at radius 1 is 1.42 bits per heavy atom. The first kappa shape index (κ1) is 12.5.